The van der Waals surface area contributed by atoms with E-state index in [1.165, 1.54) is 49.3 Å². The van der Waals surface area contributed by atoms with Gasteiger partial charge in [0.05, 0.1) is 17.9 Å². The van der Waals surface area contributed by atoms with Gasteiger partial charge in [-0.25, -0.2) is 4.98 Å². The Hall–Kier alpha value is -2.38. The highest BCUT2D eigenvalue weighted by Crippen LogP contribution is 2.35. The van der Waals surface area contributed by atoms with Crippen LogP contribution in [0.15, 0.2) is 36.8 Å². The Morgan fingerprint density at radius 3 is 2.64 bits per heavy atom. The van der Waals surface area contributed by atoms with Crippen LogP contribution >= 0.6 is 0 Å². The molecule has 0 aromatic carbocycles. The van der Waals surface area contributed by atoms with Crippen molar-refractivity contribution in [2.45, 2.75) is 58.2 Å². The number of nitrogens with zero attached hydrogens (tertiary/aromatic N) is 7. The summed E-state index contributed by atoms with van der Waals surface area (Å²) < 4.78 is 4.40. The van der Waals surface area contributed by atoms with Gasteiger partial charge in [-0.05, 0) is 57.6 Å². The molecule has 1 saturated carbocycles. The molecule has 3 aromatic rings. The lowest BCUT2D eigenvalue weighted by Crippen LogP contribution is -2.48. The summed E-state index contributed by atoms with van der Waals surface area (Å²) in [6.07, 6.45) is 11.9. The molecule has 3 aliphatic rings. The zero-order chi connectivity index (χ0) is 22.4. The van der Waals surface area contributed by atoms with Crippen molar-refractivity contribution in [3.63, 3.8) is 0 Å². The maximum Gasteiger partial charge on any atom is 0.138 e. The van der Waals surface area contributed by atoms with Gasteiger partial charge in [0.1, 0.15) is 11.5 Å². The number of anilines is 1. The lowest BCUT2D eigenvalue weighted by atomic mass is 10.1. The number of rotatable bonds is 7. The van der Waals surface area contributed by atoms with Crippen molar-refractivity contribution < 1.29 is 0 Å². The molecule has 6 rings (SSSR count). The maximum atomic E-state index is 5.17. The highest BCUT2D eigenvalue weighted by molar-refractivity contribution is 5.53. The first kappa shape index (κ1) is 21.2. The van der Waals surface area contributed by atoms with E-state index in [9.17, 15) is 0 Å². The van der Waals surface area contributed by atoms with Crippen LogP contribution in [0, 0.1) is 5.92 Å². The lowest BCUT2D eigenvalue weighted by Gasteiger charge is -2.40. The molecule has 0 amide bonds. The van der Waals surface area contributed by atoms with Crippen LogP contribution in [0.4, 0.5) is 5.82 Å². The molecule has 0 N–H and O–H groups in total. The average molecular weight is 448 g/mol. The van der Waals surface area contributed by atoms with Gasteiger partial charge in [0.2, 0.25) is 0 Å². The number of hydrogen-bond donors (Lipinski definition) is 0. The van der Waals surface area contributed by atoms with Crippen molar-refractivity contribution >= 4 is 11.5 Å². The minimum atomic E-state index is 0.353. The third kappa shape index (κ3) is 4.41. The van der Waals surface area contributed by atoms with Crippen molar-refractivity contribution in [2.75, 3.05) is 44.2 Å². The molecular formula is C26H37N7. The van der Waals surface area contributed by atoms with E-state index in [4.69, 9.17) is 4.98 Å². The Balaban J connectivity index is 1.26. The van der Waals surface area contributed by atoms with Crippen molar-refractivity contribution in [2.24, 2.45) is 5.92 Å². The summed E-state index contributed by atoms with van der Waals surface area (Å²) in [6.45, 7) is 12.1. The molecule has 0 bridgehead atoms. The first-order valence-electron chi connectivity index (χ1n) is 12.9. The number of fused-ring (bicyclic) bond motifs is 1. The van der Waals surface area contributed by atoms with Crippen LogP contribution in [-0.4, -0.2) is 68.2 Å². The molecule has 0 spiro atoms. The van der Waals surface area contributed by atoms with Gasteiger partial charge in [0.15, 0.2) is 0 Å². The van der Waals surface area contributed by atoms with E-state index in [-0.39, 0.29) is 0 Å². The Morgan fingerprint density at radius 2 is 1.88 bits per heavy atom. The van der Waals surface area contributed by atoms with Gasteiger partial charge in [-0.2, -0.15) is 5.10 Å². The van der Waals surface area contributed by atoms with E-state index in [0.29, 0.717) is 12.1 Å². The van der Waals surface area contributed by atoms with Gasteiger partial charge in [-0.3, -0.25) is 18.9 Å². The molecule has 5 heterocycles. The summed E-state index contributed by atoms with van der Waals surface area (Å²) >= 11 is 0. The summed E-state index contributed by atoms with van der Waals surface area (Å²) in [6, 6.07) is 7.34. The van der Waals surface area contributed by atoms with Crippen molar-refractivity contribution in [1.29, 1.82) is 0 Å². The molecule has 3 fully saturated rings. The van der Waals surface area contributed by atoms with Gasteiger partial charge in [0, 0.05) is 69.8 Å². The molecule has 3 aromatic heterocycles. The van der Waals surface area contributed by atoms with Crippen LogP contribution in [0.3, 0.4) is 0 Å². The second-order valence-corrected chi connectivity index (χ2v) is 10.6. The topological polar surface area (TPSA) is 44.8 Å². The van der Waals surface area contributed by atoms with Crippen LogP contribution in [-0.2, 0) is 6.54 Å². The molecule has 2 aliphatic heterocycles. The Kier molecular flexibility index (Phi) is 5.62. The first-order valence-corrected chi connectivity index (χ1v) is 12.9. The molecule has 33 heavy (non-hydrogen) atoms. The van der Waals surface area contributed by atoms with Crippen LogP contribution in [0.5, 0.6) is 0 Å². The predicted octanol–water partition coefficient (Wildman–Crippen LogP) is 3.98. The fraction of sp³-hybridized carbons (Fsp3) is 0.615. The third-order valence-electron chi connectivity index (χ3n) is 7.62. The summed E-state index contributed by atoms with van der Waals surface area (Å²) in [7, 11) is 0. The van der Waals surface area contributed by atoms with Crippen molar-refractivity contribution in [1.82, 2.24) is 29.0 Å². The van der Waals surface area contributed by atoms with E-state index in [1.807, 2.05) is 6.20 Å². The van der Waals surface area contributed by atoms with E-state index < -0.39 is 0 Å². The Bertz CT molecular complexity index is 1090. The normalized spacial score (nSPS) is 22.8. The summed E-state index contributed by atoms with van der Waals surface area (Å²) in [5.41, 5.74) is 3.62. The molecule has 1 aliphatic carbocycles. The maximum absolute atomic E-state index is 5.17. The Labute approximate surface area is 197 Å². The number of aromatic nitrogens is 4. The van der Waals surface area contributed by atoms with Gasteiger partial charge in [0.25, 0.3) is 0 Å². The molecule has 7 nitrogen and oxygen atoms in total. The van der Waals surface area contributed by atoms with Gasteiger partial charge in [-0.15, -0.1) is 0 Å². The number of hydrogen-bond acceptors (Lipinski definition) is 5. The summed E-state index contributed by atoms with van der Waals surface area (Å²) in [5.74, 6) is 2.19. The largest absolute Gasteiger partial charge is 0.358 e. The third-order valence-corrected chi connectivity index (χ3v) is 7.62. The molecule has 2 saturated heterocycles. The van der Waals surface area contributed by atoms with Gasteiger partial charge >= 0.3 is 0 Å². The smallest absolute Gasteiger partial charge is 0.138 e. The van der Waals surface area contributed by atoms with E-state index in [0.717, 1.165) is 50.8 Å². The molecular weight excluding hydrogens is 410 g/mol. The zero-order valence-electron chi connectivity index (χ0n) is 20.1. The fourth-order valence-corrected chi connectivity index (χ4v) is 5.53. The predicted molar refractivity (Wildman–Crippen MR) is 132 cm³/mol. The van der Waals surface area contributed by atoms with Crippen LogP contribution < -0.4 is 4.90 Å². The van der Waals surface area contributed by atoms with Crippen LogP contribution in [0.25, 0.3) is 5.65 Å². The molecule has 7 heteroatoms. The SMILES string of the molecule is CC(C)n1cc(CN2CCN(CC3CC3)[C@H](c3cn4c(N5CCCC5)cccc4n3)C2)cn1. The highest BCUT2D eigenvalue weighted by atomic mass is 15.3. The van der Waals surface area contributed by atoms with E-state index >= 15 is 0 Å². The standard InChI is InChI=1S/C26H37N7/c1-20(2)33-17-22(14-27-33)15-29-12-13-31(16-21-8-9-21)24(19-29)23-18-32-25(28-23)6-5-7-26(32)30-10-3-4-11-30/h5-7,14,17-18,20-21,24H,3-4,8-13,15-16,19H2,1-2H3/t24-/m0/s1. The van der Waals surface area contributed by atoms with Crippen LogP contribution in [0.1, 0.15) is 62.9 Å². The Morgan fingerprint density at radius 1 is 1.03 bits per heavy atom. The fourth-order valence-electron chi connectivity index (χ4n) is 5.53. The first-order chi connectivity index (χ1) is 16.1. The number of imidazole rings is 1. The van der Waals surface area contributed by atoms with Gasteiger partial charge in [-0.1, -0.05) is 6.07 Å². The quantitative estimate of drug-likeness (QED) is 0.548. The number of piperazine rings is 1. The molecule has 0 radical (unpaired) electrons. The second kappa shape index (κ2) is 8.76. The lowest BCUT2D eigenvalue weighted by molar-refractivity contribution is 0.0640. The monoisotopic (exact) mass is 447 g/mol. The highest BCUT2D eigenvalue weighted by Gasteiger charge is 2.34. The average Bonchev–Trinajstić information content (AvgIpc) is 3.23. The van der Waals surface area contributed by atoms with E-state index in [2.05, 4.69) is 73.3 Å². The molecule has 1 atom stereocenters. The van der Waals surface area contributed by atoms with Crippen LogP contribution in [0.2, 0.25) is 0 Å². The summed E-state index contributed by atoms with van der Waals surface area (Å²) in [4.78, 5) is 13.0. The summed E-state index contributed by atoms with van der Waals surface area (Å²) in [5, 5.41) is 4.56. The van der Waals surface area contributed by atoms with Crippen molar-refractivity contribution in [3.05, 3.63) is 48.0 Å². The number of pyridine rings is 1. The van der Waals surface area contributed by atoms with Gasteiger partial charge < -0.3 is 4.90 Å². The van der Waals surface area contributed by atoms with E-state index in [1.54, 1.807) is 0 Å². The second-order valence-electron chi connectivity index (χ2n) is 10.6. The minimum Gasteiger partial charge on any atom is -0.358 e. The van der Waals surface area contributed by atoms with Crippen molar-refractivity contribution in [3.8, 4) is 0 Å². The molecule has 176 valence electrons. The molecule has 0 unspecified atom stereocenters. The zero-order valence-corrected chi connectivity index (χ0v) is 20.1. The minimum absolute atomic E-state index is 0.353.